The maximum atomic E-state index is 13.2. The number of aromatic nitrogens is 2. The number of nitrogens with zero attached hydrogens (tertiary/aromatic N) is 3. The number of piperidine rings is 1. The summed E-state index contributed by atoms with van der Waals surface area (Å²) in [6, 6.07) is 15.3. The molecule has 3 aromatic rings. The van der Waals surface area contributed by atoms with Crippen LogP contribution < -0.4 is 11.3 Å². The van der Waals surface area contributed by atoms with Crippen LogP contribution in [-0.4, -0.2) is 33.7 Å². The number of nitrogen functional groups attached to an aromatic ring is 1. The van der Waals surface area contributed by atoms with Crippen LogP contribution in [0.2, 0.25) is 0 Å². The Balaban J connectivity index is 1.46. The summed E-state index contributed by atoms with van der Waals surface area (Å²) < 4.78 is 1.25. The number of carbonyl (C=O) groups excluding carboxylic acids is 1. The number of aryl methyl sites for hydroxylation is 1. The minimum Gasteiger partial charge on any atom is -0.394 e. The van der Waals surface area contributed by atoms with Crippen LogP contribution in [0.25, 0.3) is 10.6 Å². The summed E-state index contributed by atoms with van der Waals surface area (Å²) in [6.45, 7) is 5.15. The number of rotatable bonds is 5. The number of hydrogen-bond donors (Lipinski definition) is 1. The molecular weight excluding hydrogens is 408 g/mol. The molecule has 1 aliphatic rings. The SMILES string of the molecule is Cc1ccc(-c2cc(N)c(=O)n(C(C)C(=O)N3CCC(Cc4ccccc4)CC3)n2)s1. The van der Waals surface area contributed by atoms with E-state index in [1.807, 2.05) is 30.0 Å². The van der Waals surface area contributed by atoms with E-state index < -0.39 is 11.6 Å². The van der Waals surface area contributed by atoms with Gasteiger partial charge >= 0.3 is 0 Å². The van der Waals surface area contributed by atoms with Gasteiger partial charge in [0, 0.05) is 18.0 Å². The highest BCUT2D eigenvalue weighted by molar-refractivity contribution is 7.15. The number of hydrogen-bond acceptors (Lipinski definition) is 5. The van der Waals surface area contributed by atoms with Crippen LogP contribution in [0.3, 0.4) is 0 Å². The van der Waals surface area contributed by atoms with Crippen molar-refractivity contribution in [3.8, 4) is 10.6 Å². The van der Waals surface area contributed by atoms with E-state index in [0.717, 1.165) is 29.0 Å². The molecule has 4 rings (SSSR count). The number of likely N-dealkylation sites (tertiary alicyclic amines) is 1. The number of carbonyl (C=O) groups is 1. The second-order valence-electron chi connectivity index (χ2n) is 8.28. The van der Waals surface area contributed by atoms with Gasteiger partial charge in [0.2, 0.25) is 5.91 Å². The average Bonchev–Trinajstić information content (AvgIpc) is 3.22. The van der Waals surface area contributed by atoms with Crippen LogP contribution in [0.4, 0.5) is 5.69 Å². The van der Waals surface area contributed by atoms with Crippen LogP contribution in [0.5, 0.6) is 0 Å². The smallest absolute Gasteiger partial charge is 0.290 e. The summed E-state index contributed by atoms with van der Waals surface area (Å²) in [4.78, 5) is 29.8. The second-order valence-corrected chi connectivity index (χ2v) is 9.57. The first kappa shape index (κ1) is 21.3. The van der Waals surface area contributed by atoms with E-state index in [1.54, 1.807) is 24.3 Å². The molecular formula is C24H28N4O2S. The first-order chi connectivity index (χ1) is 14.9. The van der Waals surface area contributed by atoms with Gasteiger partial charge in [-0.05, 0) is 62.8 Å². The Labute approximate surface area is 186 Å². The number of nitrogens with two attached hydrogens (primary N) is 1. The van der Waals surface area contributed by atoms with Crippen molar-refractivity contribution in [3.63, 3.8) is 0 Å². The van der Waals surface area contributed by atoms with Crippen molar-refractivity contribution in [1.82, 2.24) is 14.7 Å². The van der Waals surface area contributed by atoms with E-state index in [2.05, 4.69) is 29.4 Å². The zero-order valence-electron chi connectivity index (χ0n) is 18.0. The maximum Gasteiger partial charge on any atom is 0.290 e. The van der Waals surface area contributed by atoms with E-state index in [-0.39, 0.29) is 11.6 Å². The fraction of sp³-hybridized carbons (Fsp3) is 0.375. The van der Waals surface area contributed by atoms with Crippen LogP contribution >= 0.6 is 11.3 Å². The van der Waals surface area contributed by atoms with Gasteiger partial charge in [-0.1, -0.05) is 30.3 Å². The molecule has 0 bridgehead atoms. The lowest BCUT2D eigenvalue weighted by Gasteiger charge is -2.33. The highest BCUT2D eigenvalue weighted by atomic mass is 32.1. The number of amides is 1. The molecule has 1 amide bonds. The van der Waals surface area contributed by atoms with E-state index in [1.165, 1.54) is 10.2 Å². The predicted molar refractivity (Wildman–Crippen MR) is 125 cm³/mol. The molecule has 0 spiro atoms. The van der Waals surface area contributed by atoms with Crippen molar-refractivity contribution in [2.24, 2.45) is 5.92 Å². The zero-order chi connectivity index (χ0) is 22.0. The molecule has 1 unspecified atom stereocenters. The molecule has 7 heteroatoms. The topological polar surface area (TPSA) is 81.2 Å². The van der Waals surface area contributed by atoms with Gasteiger partial charge in [0.15, 0.2) is 0 Å². The molecule has 2 N–H and O–H groups in total. The minimum absolute atomic E-state index is 0.0772. The first-order valence-electron chi connectivity index (χ1n) is 10.7. The van der Waals surface area contributed by atoms with E-state index in [4.69, 9.17) is 5.73 Å². The Morgan fingerprint density at radius 3 is 2.55 bits per heavy atom. The summed E-state index contributed by atoms with van der Waals surface area (Å²) >= 11 is 1.58. The molecule has 0 saturated carbocycles. The molecule has 1 aliphatic heterocycles. The van der Waals surface area contributed by atoms with Gasteiger partial charge in [0.05, 0.1) is 4.88 Å². The summed E-state index contributed by atoms with van der Waals surface area (Å²) in [5.74, 6) is 0.496. The number of anilines is 1. The van der Waals surface area contributed by atoms with E-state index in [9.17, 15) is 9.59 Å². The molecule has 6 nitrogen and oxygen atoms in total. The lowest BCUT2D eigenvalue weighted by atomic mass is 9.90. The average molecular weight is 437 g/mol. The summed E-state index contributed by atoms with van der Waals surface area (Å²) in [5.41, 5.74) is 7.63. The molecule has 1 fully saturated rings. The van der Waals surface area contributed by atoms with Crippen LogP contribution in [0, 0.1) is 12.8 Å². The van der Waals surface area contributed by atoms with Crippen LogP contribution in [0.15, 0.2) is 53.3 Å². The summed E-state index contributed by atoms with van der Waals surface area (Å²) in [7, 11) is 0. The molecule has 1 aromatic carbocycles. The minimum atomic E-state index is -0.693. The molecule has 1 atom stereocenters. The van der Waals surface area contributed by atoms with Gasteiger partial charge in [-0.15, -0.1) is 11.3 Å². The highest BCUT2D eigenvalue weighted by Crippen LogP contribution is 2.27. The number of thiophene rings is 1. The lowest BCUT2D eigenvalue weighted by Crippen LogP contribution is -2.44. The Morgan fingerprint density at radius 2 is 1.90 bits per heavy atom. The van der Waals surface area contributed by atoms with Gasteiger partial charge in [0.25, 0.3) is 5.56 Å². The fourth-order valence-corrected chi connectivity index (χ4v) is 4.98. The molecule has 0 radical (unpaired) electrons. The van der Waals surface area contributed by atoms with Gasteiger partial charge in [-0.2, -0.15) is 5.10 Å². The van der Waals surface area contributed by atoms with Gasteiger partial charge < -0.3 is 10.6 Å². The first-order valence-corrected chi connectivity index (χ1v) is 11.5. The second kappa shape index (κ2) is 9.06. The predicted octanol–water partition coefficient (Wildman–Crippen LogP) is 3.90. The zero-order valence-corrected chi connectivity index (χ0v) is 18.8. The van der Waals surface area contributed by atoms with Crippen molar-refractivity contribution < 1.29 is 4.79 Å². The van der Waals surface area contributed by atoms with E-state index >= 15 is 0 Å². The van der Waals surface area contributed by atoms with Crippen molar-refractivity contribution in [2.45, 2.75) is 39.2 Å². The number of benzene rings is 1. The van der Waals surface area contributed by atoms with Crippen LogP contribution in [-0.2, 0) is 11.2 Å². The third-order valence-electron chi connectivity index (χ3n) is 5.97. The maximum absolute atomic E-state index is 13.2. The Bertz CT molecular complexity index is 1110. The lowest BCUT2D eigenvalue weighted by molar-refractivity contribution is -0.136. The Morgan fingerprint density at radius 1 is 1.19 bits per heavy atom. The van der Waals surface area contributed by atoms with E-state index in [0.29, 0.717) is 24.7 Å². The standard InChI is InChI=1S/C24H28N4O2S/c1-16-8-9-22(31-16)21-15-20(25)24(30)28(26-21)17(2)23(29)27-12-10-19(11-13-27)14-18-6-4-3-5-7-18/h3-9,15,17,19H,10-14,25H2,1-2H3. The van der Waals surface area contributed by atoms with Crippen molar-refractivity contribution in [1.29, 1.82) is 0 Å². The quantitative estimate of drug-likeness (QED) is 0.658. The normalized spacial score (nSPS) is 15.7. The van der Waals surface area contributed by atoms with Gasteiger partial charge in [-0.3, -0.25) is 9.59 Å². The molecule has 0 aliphatic carbocycles. The van der Waals surface area contributed by atoms with Crippen molar-refractivity contribution in [3.05, 3.63) is 69.3 Å². The third-order valence-corrected chi connectivity index (χ3v) is 7.00. The fourth-order valence-electron chi connectivity index (χ4n) is 4.16. The molecule has 31 heavy (non-hydrogen) atoms. The summed E-state index contributed by atoms with van der Waals surface area (Å²) in [5, 5.41) is 4.49. The molecule has 162 valence electrons. The largest absolute Gasteiger partial charge is 0.394 e. The monoisotopic (exact) mass is 436 g/mol. The highest BCUT2D eigenvalue weighted by Gasteiger charge is 2.28. The van der Waals surface area contributed by atoms with Crippen molar-refractivity contribution in [2.75, 3.05) is 18.8 Å². The van der Waals surface area contributed by atoms with Crippen LogP contribution in [0.1, 0.15) is 36.2 Å². The molecule has 3 heterocycles. The Kier molecular flexibility index (Phi) is 6.23. The van der Waals surface area contributed by atoms with Gasteiger partial charge in [0.1, 0.15) is 17.4 Å². The summed E-state index contributed by atoms with van der Waals surface area (Å²) in [6.07, 6.45) is 2.97. The molecule has 1 saturated heterocycles. The third kappa shape index (κ3) is 4.71. The van der Waals surface area contributed by atoms with Crippen molar-refractivity contribution >= 4 is 22.9 Å². The molecule has 2 aromatic heterocycles. The Hall–Kier alpha value is -2.93. The van der Waals surface area contributed by atoms with Gasteiger partial charge in [-0.25, -0.2) is 4.68 Å².